The fourth-order valence-corrected chi connectivity index (χ4v) is 1.01. The maximum absolute atomic E-state index is 3.81. The van der Waals surface area contributed by atoms with Gasteiger partial charge in [0.1, 0.15) is 6.20 Å². The first kappa shape index (κ1) is 4.06. The molecule has 1 aliphatic heterocycles. The van der Waals surface area contributed by atoms with E-state index in [4.69, 9.17) is 0 Å². The van der Waals surface area contributed by atoms with E-state index in [9.17, 15) is 0 Å². The highest BCUT2D eigenvalue weighted by molar-refractivity contribution is 4.95. The third-order valence-electron chi connectivity index (χ3n) is 1.43. The van der Waals surface area contributed by atoms with Crippen LogP contribution in [-0.4, -0.2) is 15.0 Å². The van der Waals surface area contributed by atoms with Crippen molar-refractivity contribution >= 4 is 0 Å². The van der Waals surface area contributed by atoms with Crippen molar-refractivity contribution in [2.45, 2.75) is 19.4 Å². The first-order valence-electron chi connectivity index (χ1n) is 2.77. The molecule has 3 heteroatoms. The Morgan fingerprint density at radius 2 is 2.62 bits per heavy atom. The minimum Gasteiger partial charge on any atom is -0.249 e. The molecule has 8 heavy (non-hydrogen) atoms. The molecule has 0 atom stereocenters. The van der Waals surface area contributed by atoms with Crippen LogP contribution in [0.3, 0.4) is 0 Å². The molecule has 41 valence electrons. The van der Waals surface area contributed by atoms with Crippen LogP contribution < -0.4 is 0 Å². The summed E-state index contributed by atoms with van der Waals surface area (Å²) in [5.74, 6) is 0. The van der Waals surface area contributed by atoms with E-state index in [2.05, 4.69) is 16.5 Å². The monoisotopic (exact) mass is 108 g/mol. The molecule has 3 nitrogen and oxygen atoms in total. The second-order valence-electron chi connectivity index (χ2n) is 1.97. The molecule has 1 aromatic rings. The molecule has 0 amide bonds. The van der Waals surface area contributed by atoms with Gasteiger partial charge in [0.25, 0.3) is 0 Å². The molecule has 0 fully saturated rings. The molecule has 2 rings (SSSR count). The Morgan fingerprint density at radius 1 is 1.62 bits per heavy atom. The highest BCUT2D eigenvalue weighted by Crippen LogP contribution is 2.08. The number of nitrogens with zero attached hydrogens (tertiary/aromatic N) is 3. The normalized spacial score (nSPS) is 16.5. The van der Waals surface area contributed by atoms with E-state index in [0.717, 1.165) is 18.7 Å². The number of hydrogen-bond acceptors (Lipinski definition) is 2. The molecule has 0 unspecified atom stereocenters. The lowest BCUT2D eigenvalue weighted by molar-refractivity contribution is 0.623. The van der Waals surface area contributed by atoms with Crippen LogP contribution >= 0.6 is 0 Å². The van der Waals surface area contributed by atoms with E-state index in [1.807, 2.05) is 4.68 Å². The summed E-state index contributed by atoms with van der Waals surface area (Å²) in [5, 5.41) is 7.44. The lowest BCUT2D eigenvalue weighted by Gasteiger charge is -1.84. The van der Waals surface area contributed by atoms with Gasteiger partial charge < -0.3 is 0 Å². The van der Waals surface area contributed by atoms with Crippen molar-refractivity contribution in [1.29, 1.82) is 0 Å². The quantitative estimate of drug-likeness (QED) is 0.469. The molecular weight excluding hydrogens is 102 g/mol. The number of rotatable bonds is 0. The molecule has 1 radical (unpaired) electrons. The van der Waals surface area contributed by atoms with Gasteiger partial charge in [-0.2, -0.15) is 0 Å². The highest BCUT2D eigenvalue weighted by Gasteiger charge is 2.09. The van der Waals surface area contributed by atoms with Crippen molar-refractivity contribution in [2.24, 2.45) is 0 Å². The van der Waals surface area contributed by atoms with E-state index in [1.54, 1.807) is 0 Å². The zero-order chi connectivity index (χ0) is 5.40. The van der Waals surface area contributed by atoms with Crippen molar-refractivity contribution in [3.05, 3.63) is 11.9 Å². The molecule has 0 spiro atoms. The predicted octanol–water partition coefficient (Wildman–Crippen LogP) is 0.0245. The molecule has 0 aromatic carbocycles. The second-order valence-corrected chi connectivity index (χ2v) is 1.97. The van der Waals surface area contributed by atoms with Crippen LogP contribution in [0.4, 0.5) is 0 Å². The topological polar surface area (TPSA) is 30.7 Å². The minimum absolute atomic E-state index is 1.03. The van der Waals surface area contributed by atoms with Gasteiger partial charge in [0.15, 0.2) is 0 Å². The first-order valence-corrected chi connectivity index (χ1v) is 2.77. The lowest BCUT2D eigenvalue weighted by Crippen LogP contribution is -1.93. The van der Waals surface area contributed by atoms with Crippen LogP contribution in [0, 0.1) is 6.20 Å². The molecule has 0 saturated heterocycles. The Bertz CT molecular complexity index is 173. The maximum Gasteiger partial charge on any atom is 0.138 e. The third-order valence-corrected chi connectivity index (χ3v) is 1.43. The molecule has 0 saturated carbocycles. The van der Waals surface area contributed by atoms with E-state index in [1.165, 1.54) is 6.42 Å². The van der Waals surface area contributed by atoms with E-state index in [0.29, 0.717) is 0 Å². The van der Waals surface area contributed by atoms with Crippen LogP contribution in [0.15, 0.2) is 0 Å². The van der Waals surface area contributed by atoms with E-state index in [-0.39, 0.29) is 0 Å². The van der Waals surface area contributed by atoms with Gasteiger partial charge >= 0.3 is 0 Å². The third kappa shape index (κ3) is 0.384. The van der Waals surface area contributed by atoms with Crippen molar-refractivity contribution in [2.75, 3.05) is 0 Å². The van der Waals surface area contributed by atoms with E-state index >= 15 is 0 Å². The number of hydrogen-bond donors (Lipinski definition) is 0. The van der Waals surface area contributed by atoms with Gasteiger partial charge in [-0.25, -0.2) is 4.68 Å². The summed E-state index contributed by atoms with van der Waals surface area (Å²) < 4.78 is 1.90. The van der Waals surface area contributed by atoms with Gasteiger partial charge in [-0.3, -0.25) is 0 Å². The van der Waals surface area contributed by atoms with Crippen LogP contribution in [-0.2, 0) is 13.0 Å². The molecule has 0 aliphatic carbocycles. The second kappa shape index (κ2) is 1.31. The number of aryl methyl sites for hydroxylation is 2. The van der Waals surface area contributed by atoms with Gasteiger partial charge in [0, 0.05) is 6.54 Å². The Labute approximate surface area is 47.3 Å². The van der Waals surface area contributed by atoms with Gasteiger partial charge in [0.05, 0.1) is 5.69 Å². The number of fused-ring (bicyclic) bond motifs is 1. The van der Waals surface area contributed by atoms with Crippen molar-refractivity contribution < 1.29 is 0 Å². The fourth-order valence-electron chi connectivity index (χ4n) is 1.01. The smallest absolute Gasteiger partial charge is 0.138 e. The van der Waals surface area contributed by atoms with Gasteiger partial charge in [0.2, 0.25) is 0 Å². The number of aromatic nitrogens is 3. The molecule has 2 heterocycles. The van der Waals surface area contributed by atoms with Crippen molar-refractivity contribution in [1.82, 2.24) is 15.0 Å². The average molecular weight is 108 g/mol. The zero-order valence-electron chi connectivity index (χ0n) is 4.46. The summed E-state index contributed by atoms with van der Waals surface area (Å²) in [6.45, 7) is 1.03. The highest BCUT2D eigenvalue weighted by atomic mass is 15.4. The summed E-state index contributed by atoms with van der Waals surface area (Å²) in [4.78, 5) is 0. The van der Waals surface area contributed by atoms with Crippen molar-refractivity contribution in [3.8, 4) is 0 Å². The van der Waals surface area contributed by atoms with E-state index < -0.39 is 0 Å². The largest absolute Gasteiger partial charge is 0.249 e. The minimum atomic E-state index is 1.03. The summed E-state index contributed by atoms with van der Waals surface area (Å²) in [5.41, 5.74) is 1.16. The molecule has 0 bridgehead atoms. The summed E-state index contributed by atoms with van der Waals surface area (Å²) in [7, 11) is 0. The molecule has 1 aliphatic rings. The van der Waals surface area contributed by atoms with Crippen LogP contribution in [0.2, 0.25) is 0 Å². The van der Waals surface area contributed by atoms with Gasteiger partial charge in [-0.15, -0.1) is 5.10 Å². The SMILES string of the molecule is [c]1nnn2c1CCC2. The lowest BCUT2D eigenvalue weighted by atomic mass is 10.3. The standard InChI is InChI=1S/C5H6N3/c1-2-5-4-6-7-8(5)3-1/h1-3H2. The van der Waals surface area contributed by atoms with Crippen LogP contribution in [0.1, 0.15) is 12.1 Å². The van der Waals surface area contributed by atoms with Crippen LogP contribution in [0.25, 0.3) is 0 Å². The van der Waals surface area contributed by atoms with Gasteiger partial charge in [-0.1, -0.05) is 5.21 Å². The Balaban J connectivity index is 2.54. The Hall–Kier alpha value is -0.860. The Kier molecular flexibility index (Phi) is 0.664. The predicted molar refractivity (Wildman–Crippen MR) is 27.2 cm³/mol. The average Bonchev–Trinajstić information content (AvgIpc) is 2.15. The zero-order valence-corrected chi connectivity index (χ0v) is 4.46. The van der Waals surface area contributed by atoms with Crippen LogP contribution in [0.5, 0.6) is 0 Å². The van der Waals surface area contributed by atoms with Gasteiger partial charge in [-0.05, 0) is 12.8 Å². The molecular formula is C5H6N3. The summed E-state index contributed by atoms with van der Waals surface area (Å²) in [6, 6.07) is 0. The first-order chi connectivity index (χ1) is 3.97. The molecule has 0 N–H and O–H groups in total. The Morgan fingerprint density at radius 3 is 3.50 bits per heavy atom. The van der Waals surface area contributed by atoms with Crippen molar-refractivity contribution in [3.63, 3.8) is 0 Å². The summed E-state index contributed by atoms with van der Waals surface area (Å²) >= 11 is 0. The maximum atomic E-state index is 3.81. The fraction of sp³-hybridized carbons (Fsp3) is 0.600. The molecule has 1 aromatic heterocycles. The summed E-state index contributed by atoms with van der Waals surface area (Å²) in [6.07, 6.45) is 5.13.